The van der Waals surface area contributed by atoms with E-state index in [1.54, 1.807) is 39.5 Å². The van der Waals surface area contributed by atoms with Crippen LogP contribution < -0.4 is 24.8 Å². The highest BCUT2D eigenvalue weighted by atomic mass is 35.5. The van der Waals surface area contributed by atoms with Crippen LogP contribution in [0, 0.1) is 0 Å². The molecule has 0 saturated heterocycles. The van der Waals surface area contributed by atoms with Crippen LogP contribution in [-0.2, 0) is 6.54 Å². The minimum absolute atomic E-state index is 0.226. The van der Waals surface area contributed by atoms with E-state index in [4.69, 9.17) is 25.8 Å². The first kappa shape index (κ1) is 19.7. The van der Waals surface area contributed by atoms with Gasteiger partial charge in [0.25, 0.3) is 0 Å². The minimum Gasteiger partial charge on any atom is -0.496 e. The van der Waals surface area contributed by atoms with Gasteiger partial charge in [0.2, 0.25) is 0 Å². The second-order valence-electron chi connectivity index (χ2n) is 5.59. The number of halogens is 1. The third-order valence-corrected chi connectivity index (χ3v) is 4.29. The summed E-state index contributed by atoms with van der Waals surface area (Å²) in [4.78, 5) is 12.2. The number of ether oxygens (including phenoxy) is 3. The van der Waals surface area contributed by atoms with Crippen molar-refractivity contribution in [1.82, 2.24) is 10.6 Å². The Balaban J connectivity index is 2.04. The molecular weight excluding hydrogens is 356 g/mol. The Hall–Kier alpha value is -2.60. The van der Waals surface area contributed by atoms with Gasteiger partial charge in [-0.1, -0.05) is 29.8 Å². The molecule has 0 aliphatic carbocycles. The van der Waals surface area contributed by atoms with E-state index in [1.807, 2.05) is 25.1 Å². The van der Waals surface area contributed by atoms with Crippen molar-refractivity contribution in [2.75, 3.05) is 21.3 Å². The van der Waals surface area contributed by atoms with Crippen molar-refractivity contribution in [3.8, 4) is 17.2 Å². The molecule has 7 heteroatoms. The lowest BCUT2D eigenvalue weighted by atomic mass is 10.1. The SMILES string of the molecule is COc1cc(OC)c(OC)cc1CNC(=O)NC(C)c1ccccc1Cl. The molecule has 0 fully saturated rings. The molecule has 0 heterocycles. The second kappa shape index (κ2) is 9.20. The third kappa shape index (κ3) is 4.73. The fraction of sp³-hybridized carbons (Fsp3) is 0.316. The molecule has 2 N–H and O–H groups in total. The highest BCUT2D eigenvalue weighted by molar-refractivity contribution is 6.31. The van der Waals surface area contributed by atoms with Crippen molar-refractivity contribution in [3.05, 3.63) is 52.5 Å². The van der Waals surface area contributed by atoms with Gasteiger partial charge in [-0.15, -0.1) is 0 Å². The number of benzene rings is 2. The van der Waals surface area contributed by atoms with Crippen LogP contribution in [0.2, 0.25) is 5.02 Å². The summed E-state index contributed by atoms with van der Waals surface area (Å²) >= 11 is 6.16. The second-order valence-corrected chi connectivity index (χ2v) is 6.00. The topological polar surface area (TPSA) is 68.8 Å². The third-order valence-electron chi connectivity index (χ3n) is 3.95. The standard InChI is InChI=1S/C19H23ClN2O4/c1-12(14-7-5-6-8-15(14)20)22-19(23)21-11-13-9-17(25-3)18(26-4)10-16(13)24-2/h5-10,12H,11H2,1-4H3,(H2,21,22,23). The molecule has 2 aromatic carbocycles. The van der Waals surface area contributed by atoms with Gasteiger partial charge < -0.3 is 24.8 Å². The first-order valence-corrected chi connectivity index (χ1v) is 8.45. The maximum absolute atomic E-state index is 12.2. The van der Waals surface area contributed by atoms with Gasteiger partial charge in [0.05, 0.1) is 27.4 Å². The number of carbonyl (C=O) groups is 1. The van der Waals surface area contributed by atoms with Gasteiger partial charge in [-0.2, -0.15) is 0 Å². The van der Waals surface area contributed by atoms with Crippen LogP contribution in [0.25, 0.3) is 0 Å². The van der Waals surface area contributed by atoms with Crippen LogP contribution in [0.1, 0.15) is 24.1 Å². The Morgan fingerprint density at radius 2 is 1.65 bits per heavy atom. The average molecular weight is 379 g/mol. The summed E-state index contributed by atoms with van der Waals surface area (Å²) in [5.74, 6) is 1.72. The van der Waals surface area contributed by atoms with E-state index in [-0.39, 0.29) is 18.6 Å². The van der Waals surface area contributed by atoms with Gasteiger partial charge in [0, 0.05) is 23.2 Å². The molecule has 0 aromatic heterocycles. The number of methoxy groups -OCH3 is 3. The Morgan fingerprint density at radius 1 is 1.04 bits per heavy atom. The van der Waals surface area contributed by atoms with Gasteiger partial charge in [0.15, 0.2) is 11.5 Å². The molecule has 1 atom stereocenters. The van der Waals surface area contributed by atoms with Crippen LogP contribution in [-0.4, -0.2) is 27.4 Å². The van der Waals surface area contributed by atoms with Crippen molar-refractivity contribution in [1.29, 1.82) is 0 Å². The maximum atomic E-state index is 12.2. The number of urea groups is 1. The lowest BCUT2D eigenvalue weighted by Crippen LogP contribution is -2.36. The molecule has 2 amide bonds. The number of rotatable bonds is 7. The first-order chi connectivity index (χ1) is 12.5. The van der Waals surface area contributed by atoms with E-state index in [1.165, 1.54) is 0 Å². The molecule has 0 aliphatic heterocycles. The molecule has 2 rings (SSSR count). The largest absolute Gasteiger partial charge is 0.496 e. The monoisotopic (exact) mass is 378 g/mol. The highest BCUT2D eigenvalue weighted by Gasteiger charge is 2.15. The van der Waals surface area contributed by atoms with Crippen LogP contribution in [0.5, 0.6) is 17.2 Å². The van der Waals surface area contributed by atoms with Crippen molar-refractivity contribution >= 4 is 17.6 Å². The van der Waals surface area contributed by atoms with E-state index in [9.17, 15) is 4.79 Å². The van der Waals surface area contributed by atoms with E-state index in [2.05, 4.69) is 10.6 Å². The van der Waals surface area contributed by atoms with E-state index in [0.717, 1.165) is 11.1 Å². The smallest absolute Gasteiger partial charge is 0.315 e. The van der Waals surface area contributed by atoms with E-state index < -0.39 is 0 Å². The van der Waals surface area contributed by atoms with Crippen LogP contribution in [0.15, 0.2) is 36.4 Å². The Bertz CT molecular complexity index is 767. The predicted molar refractivity (Wildman–Crippen MR) is 101 cm³/mol. The fourth-order valence-corrected chi connectivity index (χ4v) is 2.86. The van der Waals surface area contributed by atoms with Crippen LogP contribution in [0.4, 0.5) is 4.79 Å². The molecule has 0 bridgehead atoms. The summed E-state index contributed by atoms with van der Waals surface area (Å²) in [5, 5.41) is 6.29. The van der Waals surface area contributed by atoms with E-state index >= 15 is 0 Å². The van der Waals surface area contributed by atoms with Crippen molar-refractivity contribution < 1.29 is 19.0 Å². The molecule has 6 nitrogen and oxygen atoms in total. The fourth-order valence-electron chi connectivity index (χ4n) is 2.56. The zero-order chi connectivity index (χ0) is 19.1. The molecular formula is C19H23ClN2O4. The molecule has 0 spiro atoms. The molecule has 0 radical (unpaired) electrons. The molecule has 1 unspecified atom stereocenters. The number of hydrogen-bond acceptors (Lipinski definition) is 4. The van der Waals surface area contributed by atoms with Gasteiger partial charge in [0.1, 0.15) is 5.75 Å². The van der Waals surface area contributed by atoms with Gasteiger partial charge in [-0.05, 0) is 24.6 Å². The number of hydrogen-bond donors (Lipinski definition) is 2. The summed E-state index contributed by atoms with van der Waals surface area (Å²) < 4.78 is 15.9. The summed E-state index contributed by atoms with van der Waals surface area (Å²) in [5.41, 5.74) is 1.62. The normalized spacial score (nSPS) is 11.4. The number of carbonyl (C=O) groups excluding carboxylic acids is 1. The van der Waals surface area contributed by atoms with Crippen LogP contribution >= 0.6 is 11.6 Å². The molecule has 2 aromatic rings. The quantitative estimate of drug-likeness (QED) is 0.766. The number of nitrogens with one attached hydrogen (secondary N) is 2. The number of amides is 2. The molecule has 26 heavy (non-hydrogen) atoms. The lowest BCUT2D eigenvalue weighted by molar-refractivity contribution is 0.237. The first-order valence-electron chi connectivity index (χ1n) is 8.07. The summed E-state index contributed by atoms with van der Waals surface area (Å²) in [6, 6.07) is 10.4. The molecule has 0 saturated carbocycles. The Morgan fingerprint density at radius 3 is 2.27 bits per heavy atom. The Labute approximate surface area is 158 Å². The van der Waals surface area contributed by atoms with Gasteiger partial charge in [-0.25, -0.2) is 4.79 Å². The maximum Gasteiger partial charge on any atom is 0.315 e. The minimum atomic E-state index is -0.311. The van der Waals surface area contributed by atoms with Gasteiger partial charge >= 0.3 is 6.03 Å². The summed E-state index contributed by atoms with van der Waals surface area (Å²) in [7, 11) is 4.67. The molecule has 140 valence electrons. The van der Waals surface area contributed by atoms with Crippen molar-refractivity contribution in [2.45, 2.75) is 19.5 Å². The van der Waals surface area contributed by atoms with Gasteiger partial charge in [-0.3, -0.25) is 0 Å². The predicted octanol–water partition coefficient (Wildman–Crippen LogP) is 3.93. The van der Waals surface area contributed by atoms with E-state index in [0.29, 0.717) is 22.3 Å². The van der Waals surface area contributed by atoms with Crippen molar-refractivity contribution in [3.63, 3.8) is 0 Å². The highest BCUT2D eigenvalue weighted by Crippen LogP contribution is 2.34. The zero-order valence-corrected chi connectivity index (χ0v) is 16.0. The molecule has 0 aliphatic rings. The Kier molecular flexibility index (Phi) is 6.97. The lowest BCUT2D eigenvalue weighted by Gasteiger charge is -2.17. The van der Waals surface area contributed by atoms with Crippen molar-refractivity contribution in [2.24, 2.45) is 0 Å². The zero-order valence-electron chi connectivity index (χ0n) is 15.3. The average Bonchev–Trinajstić information content (AvgIpc) is 2.65. The summed E-state index contributed by atoms with van der Waals surface area (Å²) in [6.07, 6.45) is 0. The van der Waals surface area contributed by atoms with Crippen LogP contribution in [0.3, 0.4) is 0 Å². The summed E-state index contributed by atoms with van der Waals surface area (Å²) in [6.45, 7) is 2.14.